The third kappa shape index (κ3) is 4.86. The van der Waals surface area contributed by atoms with Gasteiger partial charge < -0.3 is 5.32 Å². The zero-order chi connectivity index (χ0) is 24.4. The van der Waals surface area contributed by atoms with Gasteiger partial charge in [-0.15, -0.1) is 10.2 Å². The van der Waals surface area contributed by atoms with Crippen LogP contribution in [0.4, 0.5) is 4.39 Å². The highest BCUT2D eigenvalue weighted by Crippen LogP contribution is 2.33. The number of aryl methyl sites for hydroxylation is 2. The van der Waals surface area contributed by atoms with E-state index in [1.54, 1.807) is 18.2 Å². The highest BCUT2D eigenvalue weighted by Gasteiger charge is 2.26. The fourth-order valence-corrected chi connectivity index (χ4v) is 5.37. The number of fused-ring (bicyclic) bond motifs is 1. The third-order valence-corrected chi connectivity index (χ3v) is 7.42. The normalized spacial score (nSPS) is 15.9. The molecule has 1 aliphatic rings. The molecule has 7 heteroatoms. The van der Waals surface area contributed by atoms with E-state index in [-0.39, 0.29) is 17.8 Å². The highest BCUT2D eigenvalue weighted by molar-refractivity contribution is 8.00. The summed E-state index contributed by atoms with van der Waals surface area (Å²) in [6.45, 7) is 3.88. The van der Waals surface area contributed by atoms with Gasteiger partial charge in [-0.2, -0.15) is 0 Å². The Balaban J connectivity index is 1.42. The first-order valence-electron chi connectivity index (χ1n) is 11.8. The van der Waals surface area contributed by atoms with Gasteiger partial charge in [0.1, 0.15) is 5.82 Å². The van der Waals surface area contributed by atoms with Crippen LogP contribution in [0.15, 0.2) is 78.0 Å². The second-order valence-corrected chi connectivity index (χ2v) is 10.2. The molecule has 3 aromatic carbocycles. The molecule has 2 atom stereocenters. The number of carbonyl (C=O) groups excluding carboxylic acids is 1. The van der Waals surface area contributed by atoms with Crippen molar-refractivity contribution in [3.05, 3.63) is 95.3 Å². The van der Waals surface area contributed by atoms with E-state index in [0.29, 0.717) is 16.5 Å². The Morgan fingerprint density at radius 3 is 2.60 bits per heavy atom. The summed E-state index contributed by atoms with van der Waals surface area (Å²) in [6, 6.07) is 22.7. The number of amides is 1. The number of carbonyl (C=O) groups is 1. The van der Waals surface area contributed by atoms with Gasteiger partial charge in [-0.25, -0.2) is 4.39 Å². The summed E-state index contributed by atoms with van der Waals surface area (Å²) in [5.41, 5.74) is 4.80. The van der Waals surface area contributed by atoms with Crippen LogP contribution in [-0.4, -0.2) is 25.9 Å². The van der Waals surface area contributed by atoms with E-state index in [4.69, 9.17) is 0 Å². The van der Waals surface area contributed by atoms with Gasteiger partial charge in [0.25, 0.3) is 0 Å². The lowest BCUT2D eigenvalue weighted by atomic mass is 9.88. The van der Waals surface area contributed by atoms with Crippen LogP contribution in [0.3, 0.4) is 0 Å². The second-order valence-electron chi connectivity index (χ2n) is 8.87. The minimum atomic E-state index is -0.411. The lowest BCUT2D eigenvalue weighted by Crippen LogP contribution is -2.36. The summed E-state index contributed by atoms with van der Waals surface area (Å²) >= 11 is 1.32. The Morgan fingerprint density at radius 1 is 1.06 bits per heavy atom. The lowest BCUT2D eigenvalue weighted by Gasteiger charge is -2.27. The van der Waals surface area contributed by atoms with Gasteiger partial charge in [0, 0.05) is 5.69 Å². The molecule has 0 aliphatic heterocycles. The van der Waals surface area contributed by atoms with Crippen molar-refractivity contribution in [1.82, 2.24) is 20.1 Å². The van der Waals surface area contributed by atoms with Gasteiger partial charge in [-0.05, 0) is 68.5 Å². The van der Waals surface area contributed by atoms with Crippen molar-refractivity contribution >= 4 is 17.7 Å². The number of nitrogens with one attached hydrogen (secondary N) is 1. The standard InChI is InChI=1S/C28H27FN4OS/c1-18-14-16-21(17-15-18)33-26(23-11-5-6-12-24(23)29)31-32-28(33)35-19(2)27(34)30-25-13-7-9-20-8-3-4-10-22(20)25/h3-6,8,10-12,14-17,19,25H,7,9,13H2,1-2H3,(H,30,34). The van der Waals surface area contributed by atoms with Crippen molar-refractivity contribution in [2.24, 2.45) is 0 Å². The van der Waals surface area contributed by atoms with Crippen LogP contribution in [0, 0.1) is 12.7 Å². The van der Waals surface area contributed by atoms with Gasteiger partial charge in [0.15, 0.2) is 11.0 Å². The molecular weight excluding hydrogens is 459 g/mol. The Hall–Kier alpha value is -3.45. The number of benzene rings is 3. The van der Waals surface area contributed by atoms with Gasteiger partial charge in [-0.1, -0.05) is 65.9 Å². The molecule has 2 unspecified atom stereocenters. The minimum absolute atomic E-state index is 0.0134. The van der Waals surface area contributed by atoms with Crippen molar-refractivity contribution in [1.29, 1.82) is 0 Å². The molecule has 5 rings (SSSR count). The van der Waals surface area contributed by atoms with Crippen LogP contribution in [0.2, 0.25) is 0 Å². The largest absolute Gasteiger partial charge is 0.348 e. The summed E-state index contributed by atoms with van der Waals surface area (Å²) in [4.78, 5) is 13.2. The van der Waals surface area contributed by atoms with Crippen molar-refractivity contribution in [3.8, 4) is 17.1 Å². The second kappa shape index (κ2) is 10.0. The van der Waals surface area contributed by atoms with Crippen LogP contribution in [-0.2, 0) is 11.2 Å². The predicted molar refractivity (Wildman–Crippen MR) is 137 cm³/mol. The number of halogens is 1. The minimum Gasteiger partial charge on any atom is -0.348 e. The zero-order valence-electron chi connectivity index (χ0n) is 19.7. The monoisotopic (exact) mass is 486 g/mol. The molecule has 0 bridgehead atoms. The first-order chi connectivity index (χ1) is 17.0. The quantitative estimate of drug-likeness (QED) is 0.337. The summed E-state index contributed by atoms with van der Waals surface area (Å²) in [5, 5.41) is 12.1. The fourth-order valence-electron chi connectivity index (χ4n) is 4.49. The topological polar surface area (TPSA) is 59.8 Å². The Kier molecular flexibility index (Phi) is 6.68. The molecule has 0 radical (unpaired) electrons. The van der Waals surface area contributed by atoms with Gasteiger partial charge >= 0.3 is 0 Å². The van der Waals surface area contributed by atoms with E-state index in [2.05, 4.69) is 27.6 Å². The molecule has 1 aromatic heterocycles. The summed E-state index contributed by atoms with van der Waals surface area (Å²) in [5.74, 6) is -0.0163. The van der Waals surface area contributed by atoms with Gasteiger partial charge in [0.2, 0.25) is 5.91 Å². The first-order valence-corrected chi connectivity index (χ1v) is 12.7. The van der Waals surface area contributed by atoms with Crippen LogP contribution >= 0.6 is 11.8 Å². The Labute approximate surface area is 208 Å². The molecule has 5 nitrogen and oxygen atoms in total. The Bertz CT molecular complexity index is 1350. The number of thioether (sulfide) groups is 1. The molecule has 35 heavy (non-hydrogen) atoms. The SMILES string of the molecule is Cc1ccc(-n2c(SC(C)C(=O)NC3CCCc4ccccc43)nnc2-c2ccccc2F)cc1. The van der Waals surface area contributed by atoms with E-state index in [1.807, 2.05) is 54.8 Å². The molecule has 1 amide bonds. The summed E-state index contributed by atoms with van der Waals surface area (Å²) in [7, 11) is 0. The molecule has 0 saturated heterocycles. The number of nitrogens with zero attached hydrogens (tertiary/aromatic N) is 3. The average molecular weight is 487 g/mol. The maximum Gasteiger partial charge on any atom is 0.233 e. The van der Waals surface area contributed by atoms with Crippen LogP contribution < -0.4 is 5.32 Å². The first kappa shape index (κ1) is 23.3. The maximum absolute atomic E-state index is 14.7. The van der Waals surface area contributed by atoms with E-state index < -0.39 is 5.25 Å². The van der Waals surface area contributed by atoms with Crippen molar-refractivity contribution in [2.45, 2.75) is 49.6 Å². The van der Waals surface area contributed by atoms with Crippen molar-refractivity contribution < 1.29 is 9.18 Å². The number of hydrogen-bond donors (Lipinski definition) is 1. The smallest absolute Gasteiger partial charge is 0.233 e. The van der Waals surface area contributed by atoms with E-state index in [1.165, 1.54) is 29.0 Å². The van der Waals surface area contributed by atoms with Crippen LogP contribution in [0.5, 0.6) is 0 Å². The number of aromatic nitrogens is 3. The molecule has 1 heterocycles. The molecule has 1 aliphatic carbocycles. The van der Waals surface area contributed by atoms with Gasteiger partial charge in [-0.3, -0.25) is 9.36 Å². The van der Waals surface area contributed by atoms with E-state index in [9.17, 15) is 9.18 Å². The van der Waals surface area contributed by atoms with Crippen LogP contribution in [0.1, 0.15) is 42.5 Å². The number of hydrogen-bond acceptors (Lipinski definition) is 4. The average Bonchev–Trinajstić information content (AvgIpc) is 3.28. The van der Waals surface area contributed by atoms with Crippen molar-refractivity contribution in [3.63, 3.8) is 0 Å². The van der Waals surface area contributed by atoms with Crippen LogP contribution in [0.25, 0.3) is 17.1 Å². The molecule has 0 fully saturated rings. The molecule has 0 spiro atoms. The Morgan fingerprint density at radius 2 is 1.80 bits per heavy atom. The van der Waals surface area contributed by atoms with Gasteiger partial charge in [0.05, 0.1) is 16.9 Å². The van der Waals surface area contributed by atoms with E-state index >= 15 is 0 Å². The number of rotatable bonds is 6. The maximum atomic E-state index is 14.7. The van der Waals surface area contributed by atoms with E-state index in [0.717, 1.165) is 30.5 Å². The molecule has 178 valence electrons. The fraction of sp³-hybridized carbons (Fsp3) is 0.250. The molecule has 1 N–H and O–H groups in total. The zero-order valence-corrected chi connectivity index (χ0v) is 20.6. The predicted octanol–water partition coefficient (Wildman–Crippen LogP) is 6.06. The molecule has 0 saturated carbocycles. The summed E-state index contributed by atoms with van der Waals surface area (Å²) < 4.78 is 16.5. The van der Waals surface area contributed by atoms with Crippen molar-refractivity contribution in [2.75, 3.05) is 0 Å². The molecule has 4 aromatic rings. The lowest BCUT2D eigenvalue weighted by molar-refractivity contribution is -0.121. The third-order valence-electron chi connectivity index (χ3n) is 6.38. The summed E-state index contributed by atoms with van der Waals surface area (Å²) in [6.07, 6.45) is 3.03. The molecular formula is C28H27FN4OS. The highest BCUT2D eigenvalue weighted by atomic mass is 32.2.